The Morgan fingerprint density at radius 1 is 1.37 bits per heavy atom. The van der Waals surface area contributed by atoms with Gasteiger partial charge in [-0.05, 0) is 30.4 Å². The molecular weight excluding hydrogens is 248 g/mol. The average molecular weight is 269 g/mol. The van der Waals surface area contributed by atoms with Crippen molar-refractivity contribution in [2.45, 2.75) is 38.2 Å². The Morgan fingerprint density at radius 3 is 2.58 bits per heavy atom. The van der Waals surface area contributed by atoms with Gasteiger partial charge >= 0.3 is 0 Å². The van der Waals surface area contributed by atoms with Gasteiger partial charge in [0.2, 0.25) is 5.92 Å². The Balaban J connectivity index is 1.88. The molecule has 0 unspecified atom stereocenters. The number of anilines is 1. The van der Waals surface area contributed by atoms with Crippen molar-refractivity contribution in [3.8, 4) is 0 Å². The van der Waals surface area contributed by atoms with Crippen LogP contribution in [0, 0.1) is 5.92 Å². The van der Waals surface area contributed by atoms with Gasteiger partial charge < -0.3 is 10.6 Å². The molecule has 0 saturated heterocycles. The summed E-state index contributed by atoms with van der Waals surface area (Å²) in [6.45, 7) is 1.26. The van der Waals surface area contributed by atoms with Gasteiger partial charge in [-0.2, -0.15) is 0 Å². The molecule has 0 bridgehead atoms. The molecule has 0 spiro atoms. The number of halogens is 2. The maximum atomic E-state index is 13.1. The number of nitrogens with two attached hydrogens (primary N) is 1. The number of pyridine rings is 1. The Morgan fingerprint density at radius 2 is 2.05 bits per heavy atom. The van der Waals surface area contributed by atoms with E-state index in [0.717, 1.165) is 17.9 Å². The third-order valence-electron chi connectivity index (χ3n) is 3.80. The molecule has 1 saturated carbocycles. The molecule has 0 atom stereocenters. The first-order chi connectivity index (χ1) is 9.00. The second kappa shape index (κ2) is 5.82. The molecule has 0 radical (unpaired) electrons. The normalized spacial score (nSPS) is 19.4. The monoisotopic (exact) mass is 269 g/mol. The van der Waals surface area contributed by atoms with Crippen LogP contribution in [0.1, 0.15) is 31.2 Å². The van der Waals surface area contributed by atoms with Gasteiger partial charge in [-0.15, -0.1) is 0 Å². The third kappa shape index (κ3) is 3.86. The van der Waals surface area contributed by atoms with E-state index in [1.165, 1.54) is 0 Å². The largest absolute Gasteiger partial charge is 0.359 e. The minimum atomic E-state index is -2.45. The average Bonchev–Trinajstić information content (AvgIpc) is 2.41. The molecule has 1 aromatic rings. The highest BCUT2D eigenvalue weighted by Crippen LogP contribution is 2.36. The van der Waals surface area contributed by atoms with Crippen molar-refractivity contribution in [2.24, 2.45) is 11.7 Å². The van der Waals surface area contributed by atoms with Gasteiger partial charge in [0.1, 0.15) is 5.82 Å². The molecule has 5 heteroatoms. The summed E-state index contributed by atoms with van der Waals surface area (Å²) in [5, 5.41) is 0. The van der Waals surface area contributed by atoms with Gasteiger partial charge in [0.05, 0.1) is 0 Å². The molecule has 0 amide bonds. The molecule has 1 heterocycles. The summed E-state index contributed by atoms with van der Waals surface area (Å²) in [4.78, 5) is 6.38. The maximum Gasteiger partial charge on any atom is 0.248 e. The highest BCUT2D eigenvalue weighted by Gasteiger charge is 2.35. The van der Waals surface area contributed by atoms with E-state index in [0.29, 0.717) is 25.3 Å². The zero-order valence-electron chi connectivity index (χ0n) is 11.3. The van der Waals surface area contributed by atoms with Crippen molar-refractivity contribution in [2.75, 3.05) is 18.5 Å². The third-order valence-corrected chi connectivity index (χ3v) is 3.80. The number of hydrogen-bond donors (Lipinski definition) is 1. The van der Waals surface area contributed by atoms with E-state index < -0.39 is 5.92 Å². The van der Waals surface area contributed by atoms with Gasteiger partial charge in [0.15, 0.2) is 0 Å². The maximum absolute atomic E-state index is 13.1. The molecule has 19 heavy (non-hydrogen) atoms. The van der Waals surface area contributed by atoms with Crippen molar-refractivity contribution in [3.63, 3.8) is 0 Å². The standard InChI is InChI=1S/C14H21F2N3/c1-19(13-3-2-12(8-17)9-18-13)10-11-4-6-14(15,16)7-5-11/h2-3,9,11H,4-8,10,17H2,1H3. The summed E-state index contributed by atoms with van der Waals surface area (Å²) >= 11 is 0. The molecule has 0 aliphatic heterocycles. The van der Waals surface area contributed by atoms with Crippen LogP contribution in [0.2, 0.25) is 0 Å². The molecule has 2 rings (SSSR count). The molecule has 2 N–H and O–H groups in total. The van der Waals surface area contributed by atoms with Crippen LogP contribution in [0.25, 0.3) is 0 Å². The first-order valence-electron chi connectivity index (χ1n) is 6.74. The van der Waals surface area contributed by atoms with Crippen LogP contribution in [0.4, 0.5) is 14.6 Å². The van der Waals surface area contributed by atoms with E-state index in [-0.39, 0.29) is 12.8 Å². The lowest BCUT2D eigenvalue weighted by Crippen LogP contribution is -2.32. The van der Waals surface area contributed by atoms with Crippen molar-refractivity contribution < 1.29 is 8.78 Å². The highest BCUT2D eigenvalue weighted by atomic mass is 19.3. The van der Waals surface area contributed by atoms with Crippen LogP contribution >= 0.6 is 0 Å². The molecule has 1 fully saturated rings. The fourth-order valence-electron chi connectivity index (χ4n) is 2.53. The summed E-state index contributed by atoms with van der Waals surface area (Å²) in [5.74, 6) is -1.24. The lowest BCUT2D eigenvalue weighted by Gasteiger charge is -2.31. The van der Waals surface area contributed by atoms with E-state index in [9.17, 15) is 8.78 Å². The zero-order chi connectivity index (χ0) is 13.9. The molecular formula is C14H21F2N3. The van der Waals surface area contributed by atoms with E-state index in [2.05, 4.69) is 4.98 Å². The SMILES string of the molecule is CN(CC1CCC(F)(F)CC1)c1ccc(CN)cn1. The number of aromatic nitrogens is 1. The molecule has 106 valence electrons. The summed E-state index contributed by atoms with van der Waals surface area (Å²) in [7, 11) is 1.96. The van der Waals surface area contributed by atoms with E-state index >= 15 is 0 Å². The van der Waals surface area contributed by atoms with Gasteiger partial charge in [0, 0.05) is 39.2 Å². The van der Waals surface area contributed by atoms with Crippen LogP contribution in [0.15, 0.2) is 18.3 Å². The van der Waals surface area contributed by atoms with E-state index in [4.69, 9.17) is 5.73 Å². The molecule has 1 aromatic heterocycles. The van der Waals surface area contributed by atoms with Crippen LogP contribution in [-0.2, 0) is 6.54 Å². The Hall–Kier alpha value is -1.23. The van der Waals surface area contributed by atoms with Crippen molar-refractivity contribution in [1.29, 1.82) is 0 Å². The summed E-state index contributed by atoms with van der Waals surface area (Å²) in [5.41, 5.74) is 6.52. The molecule has 1 aliphatic rings. The van der Waals surface area contributed by atoms with Crippen LogP contribution in [0.5, 0.6) is 0 Å². The van der Waals surface area contributed by atoms with Crippen LogP contribution in [-0.4, -0.2) is 24.5 Å². The fourth-order valence-corrected chi connectivity index (χ4v) is 2.53. The second-order valence-corrected chi connectivity index (χ2v) is 5.41. The van der Waals surface area contributed by atoms with Gasteiger partial charge in [-0.3, -0.25) is 0 Å². The number of alkyl halides is 2. The predicted molar refractivity (Wildman–Crippen MR) is 72.3 cm³/mol. The molecule has 0 aromatic carbocycles. The van der Waals surface area contributed by atoms with E-state index in [1.54, 1.807) is 6.20 Å². The number of nitrogens with zero attached hydrogens (tertiary/aromatic N) is 2. The van der Waals surface area contributed by atoms with Gasteiger partial charge in [0.25, 0.3) is 0 Å². The smallest absolute Gasteiger partial charge is 0.248 e. The minimum absolute atomic E-state index is 0.0189. The molecule has 1 aliphatic carbocycles. The Kier molecular flexibility index (Phi) is 4.34. The van der Waals surface area contributed by atoms with Crippen LogP contribution in [0.3, 0.4) is 0 Å². The first-order valence-corrected chi connectivity index (χ1v) is 6.74. The predicted octanol–water partition coefficient (Wildman–Crippen LogP) is 2.80. The van der Waals surface area contributed by atoms with Gasteiger partial charge in [-0.25, -0.2) is 13.8 Å². The minimum Gasteiger partial charge on any atom is -0.359 e. The lowest BCUT2D eigenvalue weighted by atomic mass is 9.86. The molecule has 3 nitrogen and oxygen atoms in total. The van der Waals surface area contributed by atoms with Crippen molar-refractivity contribution in [1.82, 2.24) is 4.98 Å². The summed E-state index contributed by atoms with van der Waals surface area (Å²) in [6.07, 6.45) is 2.99. The summed E-state index contributed by atoms with van der Waals surface area (Å²) in [6, 6.07) is 3.88. The summed E-state index contributed by atoms with van der Waals surface area (Å²) < 4.78 is 26.2. The zero-order valence-corrected chi connectivity index (χ0v) is 11.3. The van der Waals surface area contributed by atoms with Crippen LogP contribution < -0.4 is 10.6 Å². The van der Waals surface area contributed by atoms with Crippen molar-refractivity contribution >= 4 is 5.82 Å². The number of hydrogen-bond acceptors (Lipinski definition) is 3. The van der Waals surface area contributed by atoms with Gasteiger partial charge in [-0.1, -0.05) is 6.07 Å². The topological polar surface area (TPSA) is 42.1 Å². The number of rotatable bonds is 4. The Labute approximate surface area is 112 Å². The lowest BCUT2D eigenvalue weighted by molar-refractivity contribution is -0.0448. The first kappa shape index (κ1) is 14.2. The van der Waals surface area contributed by atoms with Crippen molar-refractivity contribution in [3.05, 3.63) is 23.9 Å². The fraction of sp³-hybridized carbons (Fsp3) is 0.643. The Bertz CT molecular complexity index is 396. The van der Waals surface area contributed by atoms with E-state index in [1.807, 2.05) is 24.1 Å². The highest BCUT2D eigenvalue weighted by molar-refractivity contribution is 5.38. The quantitative estimate of drug-likeness (QED) is 0.914. The second-order valence-electron chi connectivity index (χ2n) is 5.41.